The summed E-state index contributed by atoms with van der Waals surface area (Å²) in [6.07, 6.45) is 3.24. The molecule has 0 saturated carbocycles. The van der Waals surface area contributed by atoms with Crippen molar-refractivity contribution >= 4 is 0 Å². The molecule has 4 heteroatoms. The summed E-state index contributed by atoms with van der Waals surface area (Å²) in [6.45, 7) is 0.869. The number of aromatic nitrogens is 2. The van der Waals surface area contributed by atoms with Crippen molar-refractivity contribution in [2.45, 2.75) is 32.4 Å². The first-order valence-electron chi connectivity index (χ1n) is 6.62. The highest BCUT2D eigenvalue weighted by Crippen LogP contribution is 2.23. The summed E-state index contributed by atoms with van der Waals surface area (Å²) in [5.74, 6) is 1.56. The largest absolute Gasteiger partial charge is 0.486 e. The maximum Gasteiger partial charge on any atom is 0.166 e. The SMILES string of the molecule is NCc1nc(COc2ccccc2)nc2c1CCC2. The van der Waals surface area contributed by atoms with Crippen LogP contribution in [0.1, 0.15) is 29.2 Å². The summed E-state index contributed by atoms with van der Waals surface area (Å²) in [5.41, 5.74) is 9.16. The Hall–Kier alpha value is -1.94. The highest BCUT2D eigenvalue weighted by molar-refractivity contribution is 5.30. The molecular formula is C15H17N3O. The van der Waals surface area contributed by atoms with Crippen LogP contribution >= 0.6 is 0 Å². The van der Waals surface area contributed by atoms with Gasteiger partial charge in [-0.3, -0.25) is 0 Å². The van der Waals surface area contributed by atoms with Crippen molar-refractivity contribution in [3.63, 3.8) is 0 Å². The molecule has 1 aromatic heterocycles. The molecule has 0 radical (unpaired) electrons. The van der Waals surface area contributed by atoms with Gasteiger partial charge in [-0.2, -0.15) is 0 Å². The van der Waals surface area contributed by atoms with Gasteiger partial charge in [-0.1, -0.05) is 18.2 Å². The minimum atomic E-state index is 0.393. The Morgan fingerprint density at radius 2 is 1.95 bits per heavy atom. The van der Waals surface area contributed by atoms with Gasteiger partial charge >= 0.3 is 0 Å². The number of benzene rings is 1. The van der Waals surface area contributed by atoms with Crippen LogP contribution in [-0.2, 0) is 26.0 Å². The van der Waals surface area contributed by atoms with E-state index in [1.165, 1.54) is 5.56 Å². The fourth-order valence-corrected chi connectivity index (χ4v) is 2.46. The zero-order valence-corrected chi connectivity index (χ0v) is 10.8. The Balaban J connectivity index is 1.78. The molecule has 0 amide bonds. The number of para-hydroxylation sites is 1. The lowest BCUT2D eigenvalue weighted by Crippen LogP contribution is -2.11. The molecule has 98 valence electrons. The van der Waals surface area contributed by atoms with Crippen molar-refractivity contribution in [3.8, 4) is 5.75 Å². The molecule has 0 atom stereocenters. The van der Waals surface area contributed by atoms with E-state index in [-0.39, 0.29) is 0 Å². The minimum Gasteiger partial charge on any atom is -0.486 e. The number of nitrogens with two attached hydrogens (primary N) is 1. The Kier molecular flexibility index (Phi) is 3.42. The summed E-state index contributed by atoms with van der Waals surface area (Å²) >= 11 is 0. The normalized spacial score (nSPS) is 13.3. The fourth-order valence-electron chi connectivity index (χ4n) is 2.46. The van der Waals surface area contributed by atoms with E-state index in [4.69, 9.17) is 10.5 Å². The van der Waals surface area contributed by atoms with E-state index in [1.807, 2.05) is 30.3 Å². The maximum absolute atomic E-state index is 5.77. The van der Waals surface area contributed by atoms with Gasteiger partial charge in [0.1, 0.15) is 12.4 Å². The van der Waals surface area contributed by atoms with Gasteiger partial charge in [0.25, 0.3) is 0 Å². The summed E-state index contributed by atoms with van der Waals surface area (Å²) in [7, 11) is 0. The standard InChI is InChI=1S/C15H17N3O/c16-9-14-12-7-4-8-13(12)17-15(18-14)10-19-11-5-2-1-3-6-11/h1-3,5-6H,4,7-10,16H2. The van der Waals surface area contributed by atoms with Crippen molar-refractivity contribution < 1.29 is 4.74 Å². The molecule has 0 unspecified atom stereocenters. The Labute approximate surface area is 112 Å². The fraction of sp³-hybridized carbons (Fsp3) is 0.333. The molecule has 19 heavy (non-hydrogen) atoms. The highest BCUT2D eigenvalue weighted by Gasteiger charge is 2.18. The monoisotopic (exact) mass is 255 g/mol. The zero-order valence-electron chi connectivity index (χ0n) is 10.8. The molecular weight excluding hydrogens is 238 g/mol. The zero-order chi connectivity index (χ0) is 13.1. The molecule has 0 fully saturated rings. The molecule has 1 aliphatic carbocycles. The van der Waals surface area contributed by atoms with E-state index < -0.39 is 0 Å². The molecule has 0 aliphatic heterocycles. The Bertz CT molecular complexity index is 569. The van der Waals surface area contributed by atoms with Gasteiger partial charge < -0.3 is 10.5 Å². The average Bonchev–Trinajstić information content (AvgIpc) is 2.93. The van der Waals surface area contributed by atoms with Crippen molar-refractivity contribution in [2.75, 3.05) is 0 Å². The molecule has 1 aliphatic rings. The van der Waals surface area contributed by atoms with Gasteiger partial charge in [-0.05, 0) is 37.0 Å². The summed E-state index contributed by atoms with van der Waals surface area (Å²) < 4.78 is 5.69. The number of hydrogen-bond acceptors (Lipinski definition) is 4. The van der Waals surface area contributed by atoms with E-state index in [9.17, 15) is 0 Å². The second-order valence-electron chi connectivity index (χ2n) is 4.67. The van der Waals surface area contributed by atoms with Crippen LogP contribution in [0.25, 0.3) is 0 Å². The number of hydrogen-bond donors (Lipinski definition) is 1. The van der Waals surface area contributed by atoms with Gasteiger partial charge in [-0.25, -0.2) is 9.97 Å². The quantitative estimate of drug-likeness (QED) is 0.907. The van der Waals surface area contributed by atoms with Gasteiger partial charge in [-0.15, -0.1) is 0 Å². The van der Waals surface area contributed by atoms with E-state index in [0.29, 0.717) is 13.2 Å². The molecule has 2 aromatic rings. The van der Waals surface area contributed by atoms with E-state index >= 15 is 0 Å². The smallest absolute Gasteiger partial charge is 0.166 e. The molecule has 0 spiro atoms. The van der Waals surface area contributed by atoms with E-state index in [2.05, 4.69) is 9.97 Å². The molecule has 1 heterocycles. The molecule has 3 rings (SSSR count). The minimum absolute atomic E-state index is 0.393. The number of fused-ring (bicyclic) bond motifs is 1. The van der Waals surface area contributed by atoms with Crippen LogP contribution in [0.5, 0.6) is 5.75 Å². The molecule has 0 saturated heterocycles. The van der Waals surface area contributed by atoms with Crippen LogP contribution in [0.3, 0.4) is 0 Å². The second kappa shape index (κ2) is 5.36. The highest BCUT2D eigenvalue weighted by atomic mass is 16.5. The molecule has 0 bridgehead atoms. The van der Waals surface area contributed by atoms with Crippen molar-refractivity contribution in [3.05, 3.63) is 53.1 Å². The third kappa shape index (κ3) is 2.58. The topological polar surface area (TPSA) is 61.0 Å². The number of aryl methyl sites for hydroxylation is 1. The Morgan fingerprint density at radius 1 is 1.11 bits per heavy atom. The van der Waals surface area contributed by atoms with Crippen LogP contribution < -0.4 is 10.5 Å². The summed E-state index contributed by atoms with van der Waals surface area (Å²) in [6, 6.07) is 9.72. The van der Waals surface area contributed by atoms with Crippen LogP contribution in [0.4, 0.5) is 0 Å². The van der Waals surface area contributed by atoms with Crippen LogP contribution in [0.15, 0.2) is 30.3 Å². The first-order chi connectivity index (χ1) is 9.36. The van der Waals surface area contributed by atoms with E-state index in [1.54, 1.807) is 0 Å². The van der Waals surface area contributed by atoms with Crippen LogP contribution in [-0.4, -0.2) is 9.97 Å². The maximum atomic E-state index is 5.77. The predicted molar refractivity (Wildman–Crippen MR) is 72.7 cm³/mol. The second-order valence-corrected chi connectivity index (χ2v) is 4.67. The first-order valence-corrected chi connectivity index (χ1v) is 6.62. The van der Waals surface area contributed by atoms with Gasteiger partial charge in [0.2, 0.25) is 0 Å². The van der Waals surface area contributed by atoms with Crippen molar-refractivity contribution in [1.29, 1.82) is 0 Å². The van der Waals surface area contributed by atoms with Crippen LogP contribution in [0, 0.1) is 0 Å². The van der Waals surface area contributed by atoms with Gasteiger partial charge in [0, 0.05) is 12.2 Å². The van der Waals surface area contributed by atoms with Crippen molar-refractivity contribution in [1.82, 2.24) is 9.97 Å². The number of nitrogens with zero attached hydrogens (tertiary/aromatic N) is 2. The molecule has 4 nitrogen and oxygen atoms in total. The molecule has 1 aromatic carbocycles. The lowest BCUT2D eigenvalue weighted by atomic mass is 10.2. The third-order valence-corrected chi connectivity index (χ3v) is 3.37. The summed E-state index contributed by atoms with van der Waals surface area (Å²) in [5, 5.41) is 0. The molecule has 2 N–H and O–H groups in total. The predicted octanol–water partition coefficient (Wildman–Crippen LogP) is 2.00. The number of ether oxygens (including phenoxy) is 1. The lowest BCUT2D eigenvalue weighted by Gasteiger charge is -2.09. The average molecular weight is 255 g/mol. The van der Waals surface area contributed by atoms with Crippen LogP contribution in [0.2, 0.25) is 0 Å². The Morgan fingerprint density at radius 3 is 2.74 bits per heavy atom. The first kappa shape index (κ1) is 12.1. The van der Waals surface area contributed by atoms with Crippen molar-refractivity contribution in [2.24, 2.45) is 5.73 Å². The third-order valence-electron chi connectivity index (χ3n) is 3.37. The summed E-state index contributed by atoms with van der Waals surface area (Å²) in [4.78, 5) is 9.10. The van der Waals surface area contributed by atoms with E-state index in [0.717, 1.165) is 42.2 Å². The van der Waals surface area contributed by atoms with Gasteiger partial charge in [0.05, 0.1) is 5.69 Å². The lowest BCUT2D eigenvalue weighted by molar-refractivity contribution is 0.295. The van der Waals surface area contributed by atoms with Gasteiger partial charge in [0.15, 0.2) is 5.82 Å². The number of rotatable bonds is 4.